The van der Waals surface area contributed by atoms with Crippen LogP contribution in [0.25, 0.3) is 0 Å². The number of carbonyl (C=O) groups excluding carboxylic acids is 2. The lowest BCUT2D eigenvalue weighted by Gasteiger charge is -2.34. The zero-order valence-electron chi connectivity index (χ0n) is 18.6. The molecule has 1 fully saturated rings. The number of nitrogens with one attached hydrogen (secondary N) is 2. The average molecular weight is 446 g/mol. The first-order valence-electron chi connectivity index (χ1n) is 11.3. The zero-order valence-corrected chi connectivity index (χ0v) is 18.6. The van der Waals surface area contributed by atoms with E-state index in [1.165, 1.54) is 11.1 Å². The minimum absolute atomic E-state index is 0.0599. The summed E-state index contributed by atoms with van der Waals surface area (Å²) in [6, 6.07) is 15.8. The summed E-state index contributed by atoms with van der Waals surface area (Å²) in [6.07, 6.45) is 2.81. The molecule has 5 rings (SSSR count). The van der Waals surface area contributed by atoms with Crippen LogP contribution in [0.3, 0.4) is 0 Å². The summed E-state index contributed by atoms with van der Waals surface area (Å²) in [6.45, 7) is 2.97. The maximum absolute atomic E-state index is 12.9. The lowest BCUT2D eigenvalue weighted by molar-refractivity contribution is -0.123. The first kappa shape index (κ1) is 21.3. The van der Waals surface area contributed by atoms with Crippen molar-refractivity contribution in [2.75, 3.05) is 6.54 Å². The van der Waals surface area contributed by atoms with E-state index in [0.29, 0.717) is 42.9 Å². The van der Waals surface area contributed by atoms with E-state index in [9.17, 15) is 9.59 Å². The molecular formula is C25H27N5O3. The predicted molar refractivity (Wildman–Crippen MR) is 121 cm³/mol. The highest BCUT2D eigenvalue weighted by atomic mass is 16.4. The van der Waals surface area contributed by atoms with Gasteiger partial charge < -0.3 is 15.1 Å². The quantitative estimate of drug-likeness (QED) is 0.580. The summed E-state index contributed by atoms with van der Waals surface area (Å²) < 4.78 is 5.71. The molecule has 2 aromatic carbocycles. The molecule has 0 saturated heterocycles. The van der Waals surface area contributed by atoms with Crippen molar-refractivity contribution in [1.29, 1.82) is 0 Å². The molecule has 2 aliphatic rings. The Bertz CT molecular complexity index is 1170. The molecule has 1 aliphatic heterocycles. The van der Waals surface area contributed by atoms with E-state index in [4.69, 9.17) is 4.42 Å². The van der Waals surface area contributed by atoms with Crippen LogP contribution in [-0.4, -0.2) is 39.5 Å². The molecule has 2 N–H and O–H groups in total. The Morgan fingerprint density at radius 3 is 2.67 bits per heavy atom. The van der Waals surface area contributed by atoms with E-state index in [2.05, 4.69) is 37.9 Å². The van der Waals surface area contributed by atoms with E-state index in [-0.39, 0.29) is 24.4 Å². The Morgan fingerprint density at radius 1 is 1.09 bits per heavy atom. The molecule has 3 aromatic rings. The number of hydrogen-bond donors (Lipinski definition) is 2. The lowest BCUT2D eigenvalue weighted by atomic mass is 9.94. The predicted octanol–water partition coefficient (Wildman–Crippen LogP) is 2.69. The molecule has 1 saturated carbocycles. The zero-order chi connectivity index (χ0) is 22.8. The highest BCUT2D eigenvalue weighted by Crippen LogP contribution is 2.32. The summed E-state index contributed by atoms with van der Waals surface area (Å²) in [4.78, 5) is 27.2. The van der Waals surface area contributed by atoms with Gasteiger partial charge in [0, 0.05) is 31.6 Å². The molecule has 0 radical (unpaired) electrons. The number of amides is 2. The fraction of sp³-hybridized carbons (Fsp3) is 0.360. The van der Waals surface area contributed by atoms with Crippen LogP contribution in [0.2, 0.25) is 0 Å². The fourth-order valence-corrected chi connectivity index (χ4v) is 4.19. The highest BCUT2D eigenvalue weighted by molar-refractivity contribution is 5.94. The topological polar surface area (TPSA) is 100 Å². The number of rotatable bonds is 7. The van der Waals surface area contributed by atoms with Crippen molar-refractivity contribution in [3.8, 4) is 0 Å². The molecule has 170 valence electrons. The van der Waals surface area contributed by atoms with Gasteiger partial charge in [0.05, 0.1) is 12.6 Å². The smallest absolute Gasteiger partial charge is 0.251 e. The number of nitrogens with zero attached hydrogens (tertiary/aromatic N) is 3. The average Bonchev–Trinajstić information content (AvgIpc) is 3.54. The summed E-state index contributed by atoms with van der Waals surface area (Å²) in [7, 11) is 0. The molecular weight excluding hydrogens is 418 g/mol. The van der Waals surface area contributed by atoms with Crippen LogP contribution >= 0.6 is 0 Å². The lowest BCUT2D eigenvalue weighted by Crippen LogP contribution is -2.41. The van der Waals surface area contributed by atoms with Crippen molar-refractivity contribution < 1.29 is 14.0 Å². The van der Waals surface area contributed by atoms with Gasteiger partial charge in [-0.15, -0.1) is 10.2 Å². The third-order valence-electron chi connectivity index (χ3n) is 6.11. The molecule has 0 spiro atoms. The number of aryl methyl sites for hydroxylation is 1. The SMILES string of the molecule is Cc1nnc(C2Cc3ccccc3CN2CC(=O)NCc2cccc(C(=O)NC3CC3)c2)o1. The second-order valence-corrected chi connectivity index (χ2v) is 8.78. The summed E-state index contributed by atoms with van der Waals surface area (Å²) in [5, 5.41) is 14.2. The van der Waals surface area contributed by atoms with Crippen molar-refractivity contribution >= 4 is 11.8 Å². The van der Waals surface area contributed by atoms with Crippen LogP contribution in [0.4, 0.5) is 0 Å². The van der Waals surface area contributed by atoms with Gasteiger partial charge in [-0.2, -0.15) is 0 Å². The van der Waals surface area contributed by atoms with Crippen molar-refractivity contribution in [3.05, 3.63) is 82.6 Å². The third-order valence-corrected chi connectivity index (χ3v) is 6.11. The van der Waals surface area contributed by atoms with E-state index < -0.39 is 0 Å². The molecule has 8 nitrogen and oxygen atoms in total. The van der Waals surface area contributed by atoms with Gasteiger partial charge in [-0.05, 0) is 48.1 Å². The standard InChI is InChI=1S/C25H27N5O3/c1-16-28-29-25(33-16)22-12-18-6-2-3-7-20(18)14-30(22)15-23(31)26-13-17-5-4-8-19(11-17)24(32)27-21-9-10-21/h2-8,11,21-22H,9-10,12-15H2,1H3,(H,26,31)(H,27,32). The van der Waals surface area contributed by atoms with E-state index >= 15 is 0 Å². The maximum atomic E-state index is 12.9. The van der Waals surface area contributed by atoms with E-state index in [1.54, 1.807) is 13.0 Å². The van der Waals surface area contributed by atoms with Crippen LogP contribution in [0.5, 0.6) is 0 Å². The number of hydrogen-bond acceptors (Lipinski definition) is 6. The Morgan fingerprint density at radius 2 is 1.91 bits per heavy atom. The molecule has 2 heterocycles. The summed E-state index contributed by atoms with van der Waals surface area (Å²) in [5.74, 6) is 0.891. The van der Waals surface area contributed by atoms with Gasteiger partial charge in [-0.25, -0.2) is 0 Å². The van der Waals surface area contributed by atoms with Crippen LogP contribution in [0.15, 0.2) is 52.9 Å². The van der Waals surface area contributed by atoms with Crippen LogP contribution in [0, 0.1) is 6.92 Å². The minimum atomic E-state index is -0.152. The molecule has 1 aromatic heterocycles. The van der Waals surface area contributed by atoms with Gasteiger partial charge >= 0.3 is 0 Å². The van der Waals surface area contributed by atoms with Crippen LogP contribution in [0.1, 0.15) is 57.7 Å². The second kappa shape index (κ2) is 9.15. The molecule has 1 atom stereocenters. The number of carbonyl (C=O) groups is 2. The first-order valence-corrected chi connectivity index (χ1v) is 11.3. The molecule has 1 aliphatic carbocycles. The van der Waals surface area contributed by atoms with Crippen molar-refractivity contribution in [2.24, 2.45) is 0 Å². The van der Waals surface area contributed by atoms with Gasteiger partial charge in [0.2, 0.25) is 17.7 Å². The minimum Gasteiger partial charge on any atom is -0.424 e. The second-order valence-electron chi connectivity index (χ2n) is 8.78. The Labute approximate surface area is 192 Å². The highest BCUT2D eigenvalue weighted by Gasteiger charge is 2.32. The van der Waals surface area contributed by atoms with Crippen LogP contribution < -0.4 is 10.6 Å². The van der Waals surface area contributed by atoms with Crippen molar-refractivity contribution in [2.45, 2.75) is 51.4 Å². The molecule has 33 heavy (non-hydrogen) atoms. The summed E-state index contributed by atoms with van der Waals surface area (Å²) in [5.41, 5.74) is 3.94. The van der Waals surface area contributed by atoms with Gasteiger partial charge in [-0.1, -0.05) is 36.4 Å². The number of aromatic nitrogens is 2. The van der Waals surface area contributed by atoms with Gasteiger partial charge in [-0.3, -0.25) is 14.5 Å². The van der Waals surface area contributed by atoms with Crippen molar-refractivity contribution in [1.82, 2.24) is 25.7 Å². The number of benzene rings is 2. The Kier molecular flexibility index (Phi) is 5.92. The largest absolute Gasteiger partial charge is 0.424 e. The van der Waals surface area contributed by atoms with Crippen LogP contribution in [-0.2, 0) is 24.3 Å². The Balaban J connectivity index is 1.24. The van der Waals surface area contributed by atoms with Crippen molar-refractivity contribution in [3.63, 3.8) is 0 Å². The fourth-order valence-electron chi connectivity index (χ4n) is 4.19. The molecule has 1 unspecified atom stereocenters. The van der Waals surface area contributed by atoms with E-state index in [1.807, 2.05) is 30.3 Å². The van der Waals surface area contributed by atoms with E-state index in [0.717, 1.165) is 18.4 Å². The summed E-state index contributed by atoms with van der Waals surface area (Å²) >= 11 is 0. The molecule has 0 bridgehead atoms. The normalized spacial score (nSPS) is 17.9. The van der Waals surface area contributed by atoms with Gasteiger partial charge in [0.1, 0.15) is 0 Å². The molecule has 2 amide bonds. The number of fused-ring (bicyclic) bond motifs is 1. The van der Waals surface area contributed by atoms with Gasteiger partial charge in [0.25, 0.3) is 5.91 Å². The maximum Gasteiger partial charge on any atom is 0.251 e. The van der Waals surface area contributed by atoms with Gasteiger partial charge in [0.15, 0.2) is 0 Å². The monoisotopic (exact) mass is 445 g/mol. The third kappa shape index (κ3) is 5.12. The molecule has 8 heteroatoms. The Hall–Kier alpha value is -3.52. The first-order chi connectivity index (χ1) is 16.0.